The Kier molecular flexibility index (Phi) is 4.01. The summed E-state index contributed by atoms with van der Waals surface area (Å²) in [4.78, 5) is 14.1. The first kappa shape index (κ1) is 13.1. The van der Waals surface area contributed by atoms with Crippen molar-refractivity contribution >= 4 is 5.91 Å². The minimum atomic E-state index is 0.226. The first-order chi connectivity index (χ1) is 8.59. The Balaban J connectivity index is 1.92. The quantitative estimate of drug-likeness (QED) is 0.872. The van der Waals surface area contributed by atoms with E-state index in [2.05, 4.69) is 17.4 Å². The maximum atomic E-state index is 12.2. The molecule has 100 valence electrons. The topological polar surface area (TPSA) is 58.4 Å². The maximum absolute atomic E-state index is 12.2. The third-order valence-corrected chi connectivity index (χ3v) is 3.59. The fraction of sp³-hybridized carbons (Fsp3) is 0.692. The second-order valence-corrected chi connectivity index (χ2v) is 4.94. The van der Waals surface area contributed by atoms with E-state index in [1.807, 2.05) is 18.7 Å². The number of hydrogen-bond donors (Lipinski definition) is 1. The zero-order valence-electron chi connectivity index (χ0n) is 11.3. The third kappa shape index (κ3) is 2.72. The lowest BCUT2D eigenvalue weighted by atomic mass is 10.1. The van der Waals surface area contributed by atoms with Gasteiger partial charge in [-0.25, -0.2) is 0 Å². The van der Waals surface area contributed by atoms with Crippen LogP contribution in [0.25, 0.3) is 0 Å². The molecule has 1 saturated heterocycles. The van der Waals surface area contributed by atoms with Crippen LogP contribution in [0, 0.1) is 13.8 Å². The molecule has 0 bridgehead atoms. The Hall–Kier alpha value is -1.36. The molecule has 1 fully saturated rings. The van der Waals surface area contributed by atoms with E-state index < -0.39 is 0 Å². The fourth-order valence-electron chi connectivity index (χ4n) is 2.45. The number of hydrogen-bond acceptors (Lipinski definition) is 4. The highest BCUT2D eigenvalue weighted by atomic mass is 16.5. The molecule has 1 aliphatic heterocycles. The summed E-state index contributed by atoms with van der Waals surface area (Å²) in [5, 5.41) is 7.20. The largest absolute Gasteiger partial charge is 0.361 e. The number of aromatic nitrogens is 1. The summed E-state index contributed by atoms with van der Waals surface area (Å²) in [5.41, 5.74) is 1.97. The highest BCUT2D eigenvalue weighted by Crippen LogP contribution is 2.15. The predicted octanol–water partition coefficient (Wildman–Crippen LogP) is 1.04. The van der Waals surface area contributed by atoms with Crippen LogP contribution in [0.1, 0.15) is 30.4 Å². The Morgan fingerprint density at radius 3 is 2.94 bits per heavy atom. The van der Waals surface area contributed by atoms with Crippen molar-refractivity contribution < 1.29 is 9.32 Å². The molecule has 1 amide bonds. The van der Waals surface area contributed by atoms with Crippen molar-refractivity contribution in [1.82, 2.24) is 15.4 Å². The summed E-state index contributed by atoms with van der Waals surface area (Å²) in [6.45, 7) is 8.48. The zero-order valence-corrected chi connectivity index (χ0v) is 11.3. The second-order valence-electron chi connectivity index (χ2n) is 4.94. The molecule has 5 heteroatoms. The molecule has 1 aromatic heterocycles. The van der Waals surface area contributed by atoms with E-state index in [0.29, 0.717) is 6.42 Å². The van der Waals surface area contributed by atoms with Crippen molar-refractivity contribution in [3.63, 3.8) is 0 Å². The Morgan fingerprint density at radius 1 is 1.56 bits per heavy atom. The van der Waals surface area contributed by atoms with Gasteiger partial charge in [-0.3, -0.25) is 4.79 Å². The number of amides is 1. The first-order valence-corrected chi connectivity index (χ1v) is 6.51. The van der Waals surface area contributed by atoms with Crippen LogP contribution in [0.3, 0.4) is 0 Å². The van der Waals surface area contributed by atoms with E-state index >= 15 is 0 Å². The van der Waals surface area contributed by atoms with E-state index in [9.17, 15) is 4.79 Å². The van der Waals surface area contributed by atoms with Gasteiger partial charge in [0.15, 0.2) is 0 Å². The van der Waals surface area contributed by atoms with Crippen LogP contribution in [0.2, 0.25) is 0 Å². The van der Waals surface area contributed by atoms with Crippen LogP contribution in [-0.2, 0) is 11.2 Å². The lowest BCUT2D eigenvalue weighted by molar-refractivity contribution is -0.133. The van der Waals surface area contributed by atoms with Crippen LogP contribution in [0.4, 0.5) is 0 Å². The molecule has 2 heterocycles. The third-order valence-electron chi connectivity index (χ3n) is 3.59. The van der Waals surface area contributed by atoms with Crippen LogP contribution >= 0.6 is 0 Å². The molecule has 1 aromatic rings. The molecule has 0 spiro atoms. The van der Waals surface area contributed by atoms with E-state index in [1.165, 1.54) is 0 Å². The number of carbonyl (C=O) groups excluding carboxylic acids is 1. The monoisotopic (exact) mass is 251 g/mol. The van der Waals surface area contributed by atoms with Gasteiger partial charge in [-0.1, -0.05) is 5.16 Å². The number of aryl methyl sites for hydroxylation is 2. The van der Waals surface area contributed by atoms with Crippen molar-refractivity contribution in [2.24, 2.45) is 0 Å². The molecule has 1 N–H and O–H groups in total. The highest BCUT2D eigenvalue weighted by Gasteiger charge is 2.23. The number of nitrogens with one attached hydrogen (secondary N) is 1. The number of carbonyl (C=O) groups is 1. The lowest BCUT2D eigenvalue weighted by Gasteiger charge is -2.34. The van der Waals surface area contributed by atoms with E-state index in [-0.39, 0.29) is 11.9 Å². The summed E-state index contributed by atoms with van der Waals surface area (Å²) < 4.78 is 5.11. The van der Waals surface area contributed by atoms with Crippen molar-refractivity contribution in [2.45, 2.75) is 39.7 Å². The number of piperazine rings is 1. The standard InChI is InChI=1S/C13H21N3O2/c1-9-8-14-6-7-16(9)13(17)5-4-12-10(2)15-18-11(12)3/h9,14H,4-8H2,1-3H3. The van der Waals surface area contributed by atoms with Crippen molar-refractivity contribution in [3.8, 4) is 0 Å². The zero-order chi connectivity index (χ0) is 13.1. The molecule has 1 atom stereocenters. The van der Waals surface area contributed by atoms with Gasteiger partial charge < -0.3 is 14.7 Å². The summed E-state index contributed by atoms with van der Waals surface area (Å²) >= 11 is 0. The molecular formula is C13H21N3O2. The smallest absolute Gasteiger partial charge is 0.223 e. The van der Waals surface area contributed by atoms with Crippen LogP contribution in [0.5, 0.6) is 0 Å². The fourth-order valence-corrected chi connectivity index (χ4v) is 2.45. The number of nitrogens with zero attached hydrogens (tertiary/aromatic N) is 2. The minimum absolute atomic E-state index is 0.226. The lowest BCUT2D eigenvalue weighted by Crippen LogP contribution is -2.52. The van der Waals surface area contributed by atoms with Crippen molar-refractivity contribution in [1.29, 1.82) is 0 Å². The molecule has 0 radical (unpaired) electrons. The Bertz CT molecular complexity index is 408. The van der Waals surface area contributed by atoms with Crippen LogP contribution in [0.15, 0.2) is 4.52 Å². The molecule has 0 saturated carbocycles. The van der Waals surface area contributed by atoms with Gasteiger partial charge in [0.25, 0.3) is 0 Å². The second kappa shape index (κ2) is 5.52. The molecule has 1 unspecified atom stereocenters. The van der Waals surface area contributed by atoms with Crippen LogP contribution < -0.4 is 5.32 Å². The molecule has 5 nitrogen and oxygen atoms in total. The van der Waals surface area contributed by atoms with Gasteiger partial charge in [0.05, 0.1) is 5.69 Å². The summed E-state index contributed by atoms with van der Waals surface area (Å²) in [5.74, 6) is 1.05. The van der Waals surface area contributed by atoms with Gasteiger partial charge in [-0.05, 0) is 27.2 Å². The molecule has 18 heavy (non-hydrogen) atoms. The predicted molar refractivity (Wildman–Crippen MR) is 68.3 cm³/mol. The van der Waals surface area contributed by atoms with E-state index in [0.717, 1.165) is 43.1 Å². The molecule has 1 aliphatic rings. The maximum Gasteiger partial charge on any atom is 0.223 e. The Labute approximate surface area is 108 Å². The average Bonchev–Trinajstić information content (AvgIpc) is 2.67. The molecular weight excluding hydrogens is 230 g/mol. The van der Waals surface area contributed by atoms with E-state index in [4.69, 9.17) is 4.52 Å². The summed E-state index contributed by atoms with van der Waals surface area (Å²) in [7, 11) is 0. The van der Waals surface area contributed by atoms with Gasteiger partial charge in [-0.15, -0.1) is 0 Å². The number of rotatable bonds is 3. The molecule has 0 aliphatic carbocycles. The van der Waals surface area contributed by atoms with Gasteiger partial charge in [0.1, 0.15) is 5.76 Å². The van der Waals surface area contributed by atoms with Gasteiger partial charge in [0, 0.05) is 37.7 Å². The van der Waals surface area contributed by atoms with Gasteiger partial charge >= 0.3 is 0 Å². The van der Waals surface area contributed by atoms with Crippen LogP contribution in [-0.4, -0.2) is 41.6 Å². The molecule has 2 rings (SSSR count). The average molecular weight is 251 g/mol. The SMILES string of the molecule is Cc1noc(C)c1CCC(=O)N1CCNCC1C. The summed E-state index contributed by atoms with van der Waals surface area (Å²) in [6.07, 6.45) is 1.25. The molecule has 0 aromatic carbocycles. The van der Waals surface area contributed by atoms with Crippen molar-refractivity contribution in [3.05, 3.63) is 17.0 Å². The highest BCUT2D eigenvalue weighted by molar-refractivity contribution is 5.77. The van der Waals surface area contributed by atoms with Gasteiger partial charge in [0.2, 0.25) is 5.91 Å². The Morgan fingerprint density at radius 2 is 2.33 bits per heavy atom. The van der Waals surface area contributed by atoms with E-state index in [1.54, 1.807) is 0 Å². The summed E-state index contributed by atoms with van der Waals surface area (Å²) in [6, 6.07) is 0.288. The van der Waals surface area contributed by atoms with Crippen molar-refractivity contribution in [2.75, 3.05) is 19.6 Å². The normalized spacial score (nSPS) is 20.2. The minimum Gasteiger partial charge on any atom is -0.361 e. The first-order valence-electron chi connectivity index (χ1n) is 6.51. The van der Waals surface area contributed by atoms with Gasteiger partial charge in [-0.2, -0.15) is 0 Å².